The van der Waals surface area contributed by atoms with Crippen LogP contribution in [0.15, 0.2) is 60.8 Å². The number of nitrogens with zero attached hydrogens (tertiary/aromatic N) is 4. The maximum absolute atomic E-state index is 13.1. The van der Waals surface area contributed by atoms with E-state index in [1.54, 1.807) is 12.3 Å². The predicted octanol–water partition coefficient (Wildman–Crippen LogP) is 4.11. The van der Waals surface area contributed by atoms with Gasteiger partial charge in [-0.15, -0.1) is 0 Å². The van der Waals surface area contributed by atoms with Gasteiger partial charge in [0.2, 0.25) is 0 Å². The summed E-state index contributed by atoms with van der Waals surface area (Å²) in [4.78, 5) is 29.7. The molecule has 2 saturated heterocycles. The Morgan fingerprint density at radius 2 is 1.90 bits per heavy atom. The molecular weight excluding hydrogens is 528 g/mol. The van der Waals surface area contributed by atoms with E-state index in [2.05, 4.69) is 34.4 Å². The number of rotatable bonds is 6. The molecule has 1 amide bonds. The zero-order valence-corrected chi connectivity index (χ0v) is 24.4. The third-order valence-electron chi connectivity index (χ3n) is 8.16. The maximum atomic E-state index is 13.1. The molecule has 0 aliphatic carbocycles. The van der Waals surface area contributed by atoms with Crippen LogP contribution >= 0.6 is 0 Å². The Balaban J connectivity index is 1.18. The van der Waals surface area contributed by atoms with Crippen molar-refractivity contribution in [3.8, 4) is 11.4 Å². The van der Waals surface area contributed by atoms with E-state index in [-0.39, 0.29) is 24.7 Å². The van der Waals surface area contributed by atoms with Crippen LogP contribution in [0.1, 0.15) is 53.9 Å². The molecule has 1 aromatic carbocycles. The van der Waals surface area contributed by atoms with E-state index in [0.717, 1.165) is 65.3 Å². The molecule has 0 spiro atoms. The van der Waals surface area contributed by atoms with Crippen LogP contribution in [0.5, 0.6) is 0 Å². The van der Waals surface area contributed by atoms with Crippen molar-refractivity contribution in [1.82, 2.24) is 25.6 Å². The van der Waals surface area contributed by atoms with Gasteiger partial charge in [0.1, 0.15) is 11.4 Å². The van der Waals surface area contributed by atoms with Gasteiger partial charge >= 0.3 is 0 Å². The van der Waals surface area contributed by atoms with Crippen LogP contribution in [0.25, 0.3) is 22.3 Å². The molecule has 9 heteroatoms. The molecule has 4 aromatic rings. The fourth-order valence-electron chi connectivity index (χ4n) is 6.06. The average Bonchev–Trinajstić information content (AvgIpc) is 2.99. The van der Waals surface area contributed by atoms with Crippen LogP contribution < -0.4 is 15.5 Å². The van der Waals surface area contributed by atoms with E-state index in [0.29, 0.717) is 24.2 Å². The second-order valence-electron chi connectivity index (χ2n) is 11.6. The van der Waals surface area contributed by atoms with Gasteiger partial charge in [-0.1, -0.05) is 12.1 Å². The van der Waals surface area contributed by atoms with E-state index >= 15 is 0 Å². The smallest absolute Gasteiger partial charge is 0.251 e. The second-order valence-corrected chi connectivity index (χ2v) is 11.6. The molecule has 0 unspecified atom stereocenters. The van der Waals surface area contributed by atoms with Gasteiger partial charge in [0.05, 0.1) is 41.4 Å². The van der Waals surface area contributed by atoms with Gasteiger partial charge in [0, 0.05) is 36.8 Å². The van der Waals surface area contributed by atoms with Gasteiger partial charge in [-0.2, -0.15) is 0 Å². The van der Waals surface area contributed by atoms with Crippen molar-refractivity contribution in [2.24, 2.45) is 0 Å². The minimum atomic E-state index is -0.963. The standard InChI is InChI=1S/C33H38N6O3/c1-21-8-9-24(14-27(21)33(41)12-5-13-34-20-33)32(40)36-17-26-15-30-25(16-35-26)10-11-29(37-30)28-6-4-7-31(38-28)39-18-22(2)42-23(3)19-39/h4,6-11,14-16,22-23,34,41H,5,12-13,17-20H2,1-3H3,(H,36,40)/t22-,23+,33-/m0/s1. The summed E-state index contributed by atoms with van der Waals surface area (Å²) in [5.74, 6) is 0.709. The Morgan fingerprint density at radius 3 is 2.69 bits per heavy atom. The summed E-state index contributed by atoms with van der Waals surface area (Å²) in [5, 5.41) is 18.4. The summed E-state index contributed by atoms with van der Waals surface area (Å²) < 4.78 is 5.88. The molecule has 3 atom stereocenters. The van der Waals surface area contributed by atoms with Crippen LogP contribution in [0.3, 0.4) is 0 Å². The van der Waals surface area contributed by atoms with Crippen molar-refractivity contribution in [3.63, 3.8) is 0 Å². The third-order valence-corrected chi connectivity index (χ3v) is 8.16. The van der Waals surface area contributed by atoms with Crippen LogP contribution in [-0.2, 0) is 16.9 Å². The number of aryl methyl sites for hydroxylation is 1. The summed E-state index contributed by atoms with van der Waals surface area (Å²) in [6.45, 7) is 9.39. The zero-order chi connectivity index (χ0) is 29.3. The average molecular weight is 567 g/mol. The number of piperidine rings is 1. The first kappa shape index (κ1) is 28.2. The molecule has 0 radical (unpaired) electrons. The largest absolute Gasteiger partial charge is 0.384 e. The van der Waals surface area contributed by atoms with Gasteiger partial charge in [0.15, 0.2) is 0 Å². The highest BCUT2D eigenvalue weighted by Crippen LogP contribution is 2.31. The number of β-amino-alcohol motifs (C(OH)–C–C–N with tert-alkyl or cyclic N) is 1. The molecular formula is C33H38N6O3. The monoisotopic (exact) mass is 566 g/mol. The summed E-state index contributed by atoms with van der Waals surface area (Å²) in [6, 6.07) is 17.4. The first-order valence-electron chi connectivity index (χ1n) is 14.7. The number of aliphatic hydroxyl groups is 1. The van der Waals surface area contributed by atoms with Crippen molar-refractivity contribution >= 4 is 22.6 Å². The lowest BCUT2D eigenvalue weighted by Crippen LogP contribution is -2.45. The van der Waals surface area contributed by atoms with E-state index < -0.39 is 5.60 Å². The van der Waals surface area contributed by atoms with Crippen molar-refractivity contribution < 1.29 is 14.6 Å². The SMILES string of the molecule is Cc1ccc(C(=O)NCc2cc3nc(-c4cccc(N5C[C@@H](C)O[C@@H](C)C5)n4)ccc3cn2)cc1[C@]1(O)CCCNC1. The number of aromatic nitrogens is 3. The fraction of sp³-hybridized carbons (Fsp3) is 0.394. The predicted molar refractivity (Wildman–Crippen MR) is 163 cm³/mol. The number of ether oxygens (including phenoxy) is 1. The van der Waals surface area contributed by atoms with Crippen LogP contribution in [0.2, 0.25) is 0 Å². The quantitative estimate of drug-likeness (QED) is 0.320. The molecule has 5 heterocycles. The van der Waals surface area contributed by atoms with Gasteiger partial charge in [-0.25, -0.2) is 9.97 Å². The van der Waals surface area contributed by atoms with E-state index in [1.807, 2.05) is 55.5 Å². The number of fused-ring (bicyclic) bond motifs is 1. The van der Waals surface area contributed by atoms with Gasteiger partial charge < -0.3 is 25.4 Å². The highest BCUT2D eigenvalue weighted by Gasteiger charge is 2.33. The molecule has 218 valence electrons. The molecule has 2 aliphatic heterocycles. The fourth-order valence-corrected chi connectivity index (χ4v) is 6.06. The van der Waals surface area contributed by atoms with Crippen LogP contribution in [0.4, 0.5) is 5.82 Å². The minimum absolute atomic E-state index is 0.151. The number of amides is 1. The van der Waals surface area contributed by atoms with E-state index in [4.69, 9.17) is 14.7 Å². The molecule has 2 aliphatic rings. The number of benzene rings is 1. The Bertz CT molecular complexity index is 1590. The molecule has 0 bridgehead atoms. The normalized spacial score (nSPS) is 22.7. The zero-order valence-electron chi connectivity index (χ0n) is 24.4. The van der Waals surface area contributed by atoms with Crippen molar-refractivity contribution in [3.05, 3.63) is 83.2 Å². The Labute approximate surface area is 246 Å². The molecule has 9 nitrogen and oxygen atoms in total. The summed E-state index contributed by atoms with van der Waals surface area (Å²) in [6.07, 6.45) is 3.65. The third kappa shape index (κ3) is 5.99. The van der Waals surface area contributed by atoms with Crippen LogP contribution in [-0.4, -0.2) is 64.4 Å². The lowest BCUT2D eigenvalue weighted by Gasteiger charge is -2.36. The number of morpholine rings is 1. The summed E-state index contributed by atoms with van der Waals surface area (Å²) in [7, 11) is 0. The Kier molecular flexibility index (Phi) is 7.90. The number of hydrogen-bond donors (Lipinski definition) is 3. The minimum Gasteiger partial charge on any atom is -0.384 e. The number of hydrogen-bond acceptors (Lipinski definition) is 8. The molecule has 6 rings (SSSR count). The number of carbonyl (C=O) groups excluding carboxylic acids is 1. The van der Waals surface area contributed by atoms with Crippen molar-refractivity contribution in [1.29, 1.82) is 0 Å². The number of pyridine rings is 3. The Morgan fingerprint density at radius 1 is 1.10 bits per heavy atom. The van der Waals surface area contributed by atoms with Gasteiger partial charge in [-0.05, 0) is 93.7 Å². The molecule has 3 N–H and O–H groups in total. The summed E-state index contributed by atoms with van der Waals surface area (Å²) >= 11 is 0. The van der Waals surface area contributed by atoms with Gasteiger partial charge in [0.25, 0.3) is 5.91 Å². The Hall–Kier alpha value is -3.92. The highest BCUT2D eigenvalue weighted by molar-refractivity contribution is 5.94. The molecule has 3 aromatic heterocycles. The number of carbonyl (C=O) groups is 1. The van der Waals surface area contributed by atoms with E-state index in [9.17, 15) is 9.90 Å². The molecule has 0 saturated carbocycles. The maximum Gasteiger partial charge on any atom is 0.251 e. The number of anilines is 1. The van der Waals surface area contributed by atoms with Gasteiger partial charge in [-0.3, -0.25) is 9.78 Å². The molecule has 2 fully saturated rings. The van der Waals surface area contributed by atoms with Crippen molar-refractivity contribution in [2.75, 3.05) is 31.1 Å². The summed E-state index contributed by atoms with van der Waals surface area (Å²) in [5.41, 5.74) is 4.42. The van der Waals surface area contributed by atoms with E-state index in [1.165, 1.54) is 0 Å². The second kappa shape index (κ2) is 11.8. The van der Waals surface area contributed by atoms with Crippen LogP contribution in [0, 0.1) is 6.92 Å². The highest BCUT2D eigenvalue weighted by atomic mass is 16.5. The molecule has 42 heavy (non-hydrogen) atoms. The number of nitrogens with one attached hydrogen (secondary N) is 2. The lowest BCUT2D eigenvalue weighted by molar-refractivity contribution is -0.00546. The lowest BCUT2D eigenvalue weighted by atomic mass is 9.83. The first-order chi connectivity index (χ1) is 20.3. The van der Waals surface area contributed by atoms with Crippen molar-refractivity contribution in [2.45, 2.75) is 58.0 Å². The topological polar surface area (TPSA) is 113 Å². The first-order valence-corrected chi connectivity index (χ1v) is 14.7.